The number of hydrogen-bond acceptors (Lipinski definition) is 4. The van der Waals surface area contributed by atoms with Crippen LogP contribution in [-0.2, 0) is 9.84 Å². The smallest absolute Gasteiger partial charge is 0.171 e. The Balaban J connectivity index is 1.83. The van der Waals surface area contributed by atoms with Gasteiger partial charge in [0.15, 0.2) is 9.84 Å². The lowest BCUT2D eigenvalue weighted by Crippen LogP contribution is -2.19. The Morgan fingerprint density at radius 3 is 1.21 bits per heavy atom. The van der Waals surface area contributed by atoms with Crippen LogP contribution in [0.15, 0.2) is 109 Å². The van der Waals surface area contributed by atoms with E-state index in [2.05, 4.69) is 0 Å². The number of rotatable bonds is 8. The van der Waals surface area contributed by atoms with Crippen molar-refractivity contribution in [2.24, 2.45) is 0 Å². The molecule has 4 aromatic rings. The van der Waals surface area contributed by atoms with Gasteiger partial charge in [-0.1, -0.05) is 72.8 Å². The SMILES string of the molecule is N#Cc1ccc(C(/C=C/c2ccc(F)cc2)S(=O)(=O)C(/C=C/c2ccc(F)cc2)c2ccc(C#N)cc2)cc1. The quantitative estimate of drug-likeness (QED) is 0.236. The molecule has 0 N–H and O–H groups in total. The van der Waals surface area contributed by atoms with Crippen LogP contribution < -0.4 is 0 Å². The van der Waals surface area contributed by atoms with E-state index in [1.54, 1.807) is 84.9 Å². The molecule has 0 bridgehead atoms. The normalized spacial score (nSPS) is 13.1. The molecule has 39 heavy (non-hydrogen) atoms. The van der Waals surface area contributed by atoms with Crippen LogP contribution in [0.1, 0.15) is 43.9 Å². The lowest BCUT2D eigenvalue weighted by atomic mass is 10.1. The minimum absolute atomic E-state index is 0.386. The average molecular weight is 537 g/mol. The molecule has 4 rings (SSSR count). The molecule has 192 valence electrons. The molecule has 0 amide bonds. The highest BCUT2D eigenvalue weighted by Crippen LogP contribution is 2.37. The van der Waals surface area contributed by atoms with E-state index in [4.69, 9.17) is 0 Å². The summed E-state index contributed by atoms with van der Waals surface area (Å²) in [6.45, 7) is 0. The second-order valence-corrected chi connectivity index (χ2v) is 10.9. The number of benzene rings is 4. The van der Waals surface area contributed by atoms with E-state index in [0.717, 1.165) is 0 Å². The van der Waals surface area contributed by atoms with E-state index < -0.39 is 32.0 Å². The Morgan fingerprint density at radius 1 is 0.564 bits per heavy atom. The first kappa shape index (κ1) is 27.2. The van der Waals surface area contributed by atoms with Gasteiger partial charge in [-0.25, -0.2) is 17.2 Å². The molecule has 0 spiro atoms. The highest BCUT2D eigenvalue weighted by atomic mass is 32.2. The second kappa shape index (κ2) is 12.1. The number of hydrogen-bond donors (Lipinski definition) is 0. The van der Waals surface area contributed by atoms with Crippen LogP contribution >= 0.6 is 0 Å². The molecule has 0 aromatic heterocycles. The van der Waals surface area contributed by atoms with Crippen molar-refractivity contribution in [2.75, 3.05) is 0 Å². The molecule has 0 aliphatic carbocycles. The maximum atomic E-state index is 14.3. The molecular weight excluding hydrogens is 514 g/mol. The van der Waals surface area contributed by atoms with Gasteiger partial charge in [0.2, 0.25) is 0 Å². The summed E-state index contributed by atoms with van der Waals surface area (Å²) in [5.41, 5.74) is 2.89. The summed E-state index contributed by atoms with van der Waals surface area (Å²) in [6, 6.07) is 28.0. The van der Waals surface area contributed by atoms with E-state index >= 15 is 0 Å². The molecule has 0 aliphatic rings. The first-order chi connectivity index (χ1) is 18.8. The van der Waals surface area contributed by atoms with Crippen LogP contribution in [0, 0.1) is 34.3 Å². The summed E-state index contributed by atoms with van der Waals surface area (Å²) in [5.74, 6) is -0.814. The predicted molar refractivity (Wildman–Crippen MR) is 148 cm³/mol. The molecule has 0 aliphatic heterocycles. The number of nitrogens with zero attached hydrogens (tertiary/aromatic N) is 2. The van der Waals surface area contributed by atoms with Crippen molar-refractivity contribution < 1.29 is 17.2 Å². The highest BCUT2D eigenvalue weighted by molar-refractivity contribution is 7.92. The van der Waals surface area contributed by atoms with Crippen molar-refractivity contribution in [1.82, 2.24) is 0 Å². The third-order valence-corrected chi connectivity index (χ3v) is 8.39. The van der Waals surface area contributed by atoms with Gasteiger partial charge in [-0.2, -0.15) is 10.5 Å². The third-order valence-electron chi connectivity index (χ3n) is 6.11. The third kappa shape index (κ3) is 6.73. The summed E-state index contributed by atoms with van der Waals surface area (Å²) in [4.78, 5) is 0. The minimum atomic E-state index is -4.05. The molecule has 0 radical (unpaired) electrons. The Kier molecular flexibility index (Phi) is 8.46. The summed E-state index contributed by atoms with van der Waals surface area (Å²) >= 11 is 0. The monoisotopic (exact) mass is 536 g/mol. The maximum absolute atomic E-state index is 14.3. The van der Waals surface area contributed by atoms with Gasteiger partial charge in [-0.15, -0.1) is 0 Å². The Hall–Kier alpha value is -4.85. The first-order valence-electron chi connectivity index (χ1n) is 11.9. The van der Waals surface area contributed by atoms with Crippen molar-refractivity contribution in [1.29, 1.82) is 10.5 Å². The number of nitriles is 2. The Labute approximate surface area is 226 Å². The van der Waals surface area contributed by atoms with Gasteiger partial charge >= 0.3 is 0 Å². The standard InChI is InChI=1S/C32H22F2N2O2S/c33-29-15-5-23(6-16-29)9-19-31(27-11-1-25(21-35)2-12-27)39(37,38)32(28-13-3-26(22-36)4-14-28)20-10-24-7-17-30(34)18-8-24/h1-20,31-32H/b19-9+,20-10+. The maximum Gasteiger partial charge on any atom is 0.171 e. The fourth-order valence-electron chi connectivity index (χ4n) is 4.02. The van der Waals surface area contributed by atoms with Gasteiger partial charge in [-0.3, -0.25) is 0 Å². The van der Waals surface area contributed by atoms with Crippen LogP contribution in [-0.4, -0.2) is 8.42 Å². The first-order valence-corrected chi connectivity index (χ1v) is 13.5. The molecule has 4 nitrogen and oxygen atoms in total. The molecule has 4 aromatic carbocycles. The minimum Gasteiger partial charge on any atom is -0.227 e. The lowest BCUT2D eigenvalue weighted by Gasteiger charge is -2.22. The molecule has 0 heterocycles. The topological polar surface area (TPSA) is 81.7 Å². The zero-order chi connectivity index (χ0) is 27.8. The number of sulfone groups is 1. The zero-order valence-electron chi connectivity index (χ0n) is 20.6. The van der Waals surface area contributed by atoms with Crippen LogP contribution in [0.2, 0.25) is 0 Å². The lowest BCUT2D eigenvalue weighted by molar-refractivity contribution is 0.584. The van der Waals surface area contributed by atoms with E-state index in [1.807, 2.05) is 12.1 Å². The fraction of sp³-hybridized carbons (Fsp3) is 0.0625. The fourth-order valence-corrected chi connectivity index (χ4v) is 6.00. The van der Waals surface area contributed by atoms with Crippen LogP contribution in [0.3, 0.4) is 0 Å². The van der Waals surface area contributed by atoms with E-state index in [-0.39, 0.29) is 0 Å². The van der Waals surface area contributed by atoms with Gasteiger partial charge in [0.1, 0.15) is 22.1 Å². The molecular formula is C32H22F2N2O2S. The van der Waals surface area contributed by atoms with Gasteiger partial charge < -0.3 is 0 Å². The predicted octanol–water partition coefficient (Wildman–Crippen LogP) is 7.33. The zero-order valence-corrected chi connectivity index (χ0v) is 21.4. The molecule has 7 heteroatoms. The largest absolute Gasteiger partial charge is 0.227 e. The Morgan fingerprint density at radius 2 is 0.897 bits per heavy atom. The summed E-state index contributed by atoms with van der Waals surface area (Å²) < 4.78 is 55.5. The van der Waals surface area contributed by atoms with Crippen molar-refractivity contribution >= 4 is 22.0 Å². The second-order valence-electron chi connectivity index (χ2n) is 8.72. The summed E-state index contributed by atoms with van der Waals surface area (Å²) in [6.07, 6.45) is 6.29. The van der Waals surface area contributed by atoms with Gasteiger partial charge in [0.25, 0.3) is 0 Å². The molecule has 0 saturated carbocycles. The number of halogens is 2. The van der Waals surface area contributed by atoms with Gasteiger partial charge in [-0.05, 0) is 70.8 Å². The van der Waals surface area contributed by atoms with Crippen molar-refractivity contribution in [3.63, 3.8) is 0 Å². The van der Waals surface area contributed by atoms with Crippen LogP contribution in [0.4, 0.5) is 8.78 Å². The highest BCUT2D eigenvalue weighted by Gasteiger charge is 2.33. The molecule has 0 saturated heterocycles. The average Bonchev–Trinajstić information content (AvgIpc) is 2.95. The molecule has 0 fully saturated rings. The van der Waals surface area contributed by atoms with Gasteiger partial charge in [0.05, 0.1) is 23.3 Å². The van der Waals surface area contributed by atoms with Crippen molar-refractivity contribution in [3.05, 3.63) is 154 Å². The van der Waals surface area contributed by atoms with Crippen molar-refractivity contribution in [2.45, 2.75) is 10.5 Å². The van der Waals surface area contributed by atoms with E-state index in [1.165, 1.54) is 36.4 Å². The molecule has 2 unspecified atom stereocenters. The van der Waals surface area contributed by atoms with Gasteiger partial charge in [0, 0.05) is 0 Å². The van der Waals surface area contributed by atoms with Crippen LogP contribution in [0.5, 0.6) is 0 Å². The van der Waals surface area contributed by atoms with Crippen molar-refractivity contribution in [3.8, 4) is 12.1 Å². The molecule has 2 atom stereocenters. The van der Waals surface area contributed by atoms with E-state index in [0.29, 0.717) is 33.4 Å². The summed E-state index contributed by atoms with van der Waals surface area (Å²) in [7, 11) is -4.05. The van der Waals surface area contributed by atoms with E-state index in [9.17, 15) is 27.7 Å². The van der Waals surface area contributed by atoms with Crippen LogP contribution in [0.25, 0.3) is 12.2 Å². The Bertz CT molecular complexity index is 1560. The summed E-state index contributed by atoms with van der Waals surface area (Å²) in [5, 5.41) is 16.2.